The third-order valence-electron chi connectivity index (χ3n) is 3.50. The lowest BCUT2D eigenvalue weighted by atomic mass is 10.1. The van der Waals surface area contributed by atoms with Gasteiger partial charge in [-0.1, -0.05) is 6.92 Å². The van der Waals surface area contributed by atoms with E-state index in [1.54, 1.807) is 12.1 Å². The van der Waals surface area contributed by atoms with Crippen LogP contribution < -0.4 is 10.1 Å². The Bertz CT molecular complexity index is 682. The van der Waals surface area contributed by atoms with Crippen LogP contribution in [0.1, 0.15) is 43.1 Å². The summed E-state index contributed by atoms with van der Waals surface area (Å²) in [5.41, 5.74) is 0.773. The zero-order chi connectivity index (χ0) is 17.6. The van der Waals surface area contributed by atoms with E-state index in [1.165, 1.54) is 27.0 Å². The molecule has 128 valence electrons. The number of carbonyl (C=O) groups is 2. The third-order valence-corrected chi connectivity index (χ3v) is 5.51. The molecule has 0 saturated heterocycles. The maximum absolute atomic E-state index is 12.5. The van der Waals surface area contributed by atoms with Crippen LogP contribution in [0, 0.1) is 0 Å². The molecule has 0 spiro atoms. The van der Waals surface area contributed by atoms with Gasteiger partial charge in [-0.3, -0.25) is 9.59 Å². The van der Waals surface area contributed by atoms with Crippen molar-refractivity contribution < 1.29 is 22.7 Å². The Morgan fingerprint density at radius 3 is 2.48 bits per heavy atom. The van der Waals surface area contributed by atoms with Crippen LogP contribution in [0.4, 0.5) is 0 Å². The van der Waals surface area contributed by atoms with Gasteiger partial charge < -0.3 is 10.1 Å². The van der Waals surface area contributed by atoms with Crippen molar-refractivity contribution in [1.82, 2.24) is 5.32 Å². The Kier molecular flexibility index (Phi) is 6.75. The average Bonchev–Trinajstić information content (AvgIpc) is 2.51. The van der Waals surface area contributed by atoms with Gasteiger partial charge in [-0.15, -0.1) is 0 Å². The average molecular weight is 341 g/mol. The summed E-state index contributed by atoms with van der Waals surface area (Å²) in [6.45, 7) is 5.09. The minimum Gasteiger partial charge on any atom is -0.496 e. The normalized spacial score (nSPS) is 12.5. The number of hydrogen-bond donors (Lipinski definition) is 1. The van der Waals surface area contributed by atoms with E-state index in [0.29, 0.717) is 23.4 Å². The van der Waals surface area contributed by atoms with E-state index >= 15 is 0 Å². The summed E-state index contributed by atoms with van der Waals surface area (Å²) in [5, 5.41) is 1.41. The molecule has 0 unspecified atom stereocenters. The van der Waals surface area contributed by atoms with Gasteiger partial charge in [-0.05, 0) is 38.5 Å². The van der Waals surface area contributed by atoms with Gasteiger partial charge in [0, 0.05) is 17.7 Å². The Labute approximate surface area is 137 Å². The van der Waals surface area contributed by atoms with Gasteiger partial charge in [0.2, 0.25) is 5.91 Å². The third kappa shape index (κ3) is 5.06. The Morgan fingerprint density at radius 2 is 1.96 bits per heavy atom. The minimum absolute atomic E-state index is 0.167. The summed E-state index contributed by atoms with van der Waals surface area (Å²) in [7, 11) is -2.29. The van der Waals surface area contributed by atoms with Crippen LogP contribution in [0.5, 0.6) is 5.75 Å². The Balaban J connectivity index is 3.06. The number of rotatable bonds is 8. The lowest BCUT2D eigenvalue weighted by Crippen LogP contribution is -2.38. The van der Waals surface area contributed by atoms with Crippen molar-refractivity contribution in [2.75, 3.05) is 13.7 Å². The summed E-state index contributed by atoms with van der Waals surface area (Å²) in [4.78, 5) is 23.4. The molecule has 0 aliphatic heterocycles. The molecule has 1 aromatic rings. The standard InChI is InChI=1S/C16H23NO5S/c1-5-8-17-16(19)12(3)23(20,21)10-14-9-13(11(2)18)6-7-15(14)22-4/h6-7,9,12H,5,8,10H2,1-4H3,(H,17,19)/t12-/m1/s1. The topological polar surface area (TPSA) is 89.5 Å². The van der Waals surface area contributed by atoms with Crippen molar-refractivity contribution in [2.45, 2.75) is 38.2 Å². The number of ether oxygens (including phenoxy) is 1. The van der Waals surface area contributed by atoms with E-state index in [9.17, 15) is 18.0 Å². The second kappa shape index (κ2) is 8.10. The molecule has 7 heteroatoms. The predicted octanol–water partition coefficient (Wildman–Crippen LogP) is 1.73. The van der Waals surface area contributed by atoms with Crippen LogP contribution in [0.2, 0.25) is 0 Å². The SMILES string of the molecule is CCCNC(=O)[C@@H](C)S(=O)(=O)Cc1cc(C(C)=O)ccc1OC. The molecule has 23 heavy (non-hydrogen) atoms. The molecule has 1 aromatic carbocycles. The van der Waals surface area contributed by atoms with Crippen LogP contribution in [-0.2, 0) is 20.4 Å². The monoisotopic (exact) mass is 341 g/mol. The quantitative estimate of drug-likeness (QED) is 0.727. The summed E-state index contributed by atoms with van der Waals surface area (Å²) in [5.74, 6) is -0.675. The first kappa shape index (κ1) is 19.2. The van der Waals surface area contributed by atoms with E-state index in [1.807, 2.05) is 6.92 Å². The molecule has 0 aromatic heterocycles. The van der Waals surface area contributed by atoms with Gasteiger partial charge in [-0.2, -0.15) is 0 Å². The van der Waals surface area contributed by atoms with E-state index in [4.69, 9.17) is 4.74 Å². The number of Topliss-reactive ketones (excluding diaryl/α,β-unsaturated/α-hetero) is 1. The molecule has 0 aliphatic rings. The number of sulfone groups is 1. The highest BCUT2D eigenvalue weighted by Gasteiger charge is 2.29. The number of hydrogen-bond acceptors (Lipinski definition) is 5. The van der Waals surface area contributed by atoms with Crippen molar-refractivity contribution in [1.29, 1.82) is 0 Å². The Hall–Kier alpha value is -1.89. The molecule has 0 saturated carbocycles. The lowest BCUT2D eigenvalue weighted by molar-refractivity contribution is -0.120. The number of ketones is 1. The highest BCUT2D eigenvalue weighted by Crippen LogP contribution is 2.24. The number of nitrogens with one attached hydrogen (secondary N) is 1. The molecule has 0 fully saturated rings. The first-order valence-electron chi connectivity index (χ1n) is 7.40. The minimum atomic E-state index is -3.72. The van der Waals surface area contributed by atoms with Crippen LogP contribution >= 0.6 is 0 Å². The van der Waals surface area contributed by atoms with Crippen LogP contribution in [-0.4, -0.2) is 39.0 Å². The van der Waals surface area contributed by atoms with Gasteiger partial charge >= 0.3 is 0 Å². The fraction of sp³-hybridized carbons (Fsp3) is 0.500. The second-order valence-electron chi connectivity index (χ2n) is 5.32. The molecule has 1 atom stereocenters. The fourth-order valence-electron chi connectivity index (χ4n) is 2.01. The molecular weight excluding hydrogens is 318 g/mol. The summed E-state index contributed by atoms with van der Waals surface area (Å²) >= 11 is 0. The molecule has 1 N–H and O–H groups in total. The van der Waals surface area contributed by atoms with Crippen molar-refractivity contribution >= 4 is 21.5 Å². The first-order valence-corrected chi connectivity index (χ1v) is 9.11. The first-order chi connectivity index (χ1) is 10.7. The zero-order valence-electron chi connectivity index (χ0n) is 13.9. The lowest BCUT2D eigenvalue weighted by Gasteiger charge is -2.15. The van der Waals surface area contributed by atoms with Gasteiger partial charge in [0.25, 0.3) is 0 Å². The van der Waals surface area contributed by atoms with Crippen LogP contribution in [0.25, 0.3) is 0 Å². The number of methoxy groups -OCH3 is 1. The Morgan fingerprint density at radius 1 is 1.30 bits per heavy atom. The number of benzene rings is 1. The van der Waals surface area contributed by atoms with E-state index < -0.39 is 21.0 Å². The fourth-order valence-corrected chi connectivity index (χ4v) is 3.33. The zero-order valence-corrected chi connectivity index (χ0v) is 14.7. The molecule has 1 amide bonds. The van der Waals surface area contributed by atoms with Gasteiger partial charge in [0.1, 0.15) is 11.0 Å². The van der Waals surface area contributed by atoms with E-state index in [-0.39, 0.29) is 11.5 Å². The van der Waals surface area contributed by atoms with E-state index in [0.717, 1.165) is 6.42 Å². The highest BCUT2D eigenvalue weighted by atomic mass is 32.2. The maximum Gasteiger partial charge on any atom is 0.238 e. The number of carbonyl (C=O) groups excluding carboxylic acids is 2. The highest BCUT2D eigenvalue weighted by molar-refractivity contribution is 7.92. The van der Waals surface area contributed by atoms with Gasteiger partial charge in [0.05, 0.1) is 12.9 Å². The summed E-state index contributed by atoms with van der Waals surface area (Å²) < 4.78 is 30.1. The second-order valence-corrected chi connectivity index (χ2v) is 7.64. The predicted molar refractivity (Wildman–Crippen MR) is 88.4 cm³/mol. The molecule has 0 radical (unpaired) electrons. The number of amides is 1. The smallest absolute Gasteiger partial charge is 0.238 e. The largest absolute Gasteiger partial charge is 0.496 e. The molecule has 0 aliphatic carbocycles. The maximum atomic E-state index is 12.5. The van der Waals surface area contributed by atoms with Gasteiger partial charge in [0.15, 0.2) is 15.6 Å². The van der Waals surface area contributed by atoms with Crippen LogP contribution in [0.3, 0.4) is 0 Å². The van der Waals surface area contributed by atoms with Crippen molar-refractivity contribution in [3.05, 3.63) is 29.3 Å². The van der Waals surface area contributed by atoms with Crippen LogP contribution in [0.15, 0.2) is 18.2 Å². The van der Waals surface area contributed by atoms with Gasteiger partial charge in [-0.25, -0.2) is 8.42 Å². The van der Waals surface area contributed by atoms with Crippen molar-refractivity contribution in [3.8, 4) is 5.75 Å². The molecule has 0 bridgehead atoms. The van der Waals surface area contributed by atoms with E-state index in [2.05, 4.69) is 5.32 Å². The molecule has 0 heterocycles. The van der Waals surface area contributed by atoms with Crippen molar-refractivity contribution in [3.63, 3.8) is 0 Å². The molecular formula is C16H23NO5S. The summed E-state index contributed by atoms with van der Waals surface area (Å²) in [6, 6.07) is 4.63. The summed E-state index contributed by atoms with van der Waals surface area (Å²) in [6.07, 6.45) is 0.729. The molecule has 1 rings (SSSR count). The molecule has 6 nitrogen and oxygen atoms in total. The van der Waals surface area contributed by atoms with Crippen molar-refractivity contribution in [2.24, 2.45) is 0 Å².